The van der Waals surface area contributed by atoms with Crippen molar-refractivity contribution >= 4 is 17.4 Å². The lowest BCUT2D eigenvalue weighted by Crippen LogP contribution is -1.95. The quantitative estimate of drug-likeness (QED) is 0.844. The van der Waals surface area contributed by atoms with Gasteiger partial charge in [-0.2, -0.15) is 0 Å². The molecule has 1 aromatic heterocycles. The maximum Gasteiger partial charge on any atom is 0.162 e. The smallest absolute Gasteiger partial charge is 0.162 e. The molecule has 4 heteroatoms. The number of benzene rings is 1. The number of halogens is 1. The summed E-state index contributed by atoms with van der Waals surface area (Å²) in [6, 6.07) is 9.33. The van der Waals surface area contributed by atoms with Gasteiger partial charge in [0.05, 0.1) is 5.02 Å². The lowest BCUT2D eigenvalue weighted by Gasteiger charge is -2.04. The van der Waals surface area contributed by atoms with Crippen LogP contribution in [0.5, 0.6) is 0 Å². The number of hydrogen-bond acceptors (Lipinski definition) is 3. The third-order valence-corrected chi connectivity index (χ3v) is 2.36. The van der Waals surface area contributed by atoms with Crippen molar-refractivity contribution in [2.24, 2.45) is 0 Å². The summed E-state index contributed by atoms with van der Waals surface area (Å²) < 4.78 is 0. The van der Waals surface area contributed by atoms with E-state index in [1.807, 2.05) is 31.3 Å². The normalized spacial score (nSPS) is 10.0. The van der Waals surface area contributed by atoms with Gasteiger partial charge in [-0.15, -0.1) is 0 Å². The van der Waals surface area contributed by atoms with Crippen LogP contribution in [0.4, 0.5) is 5.82 Å². The van der Waals surface area contributed by atoms with E-state index >= 15 is 0 Å². The summed E-state index contributed by atoms with van der Waals surface area (Å²) in [5.74, 6) is 1.41. The van der Waals surface area contributed by atoms with E-state index < -0.39 is 0 Å². The standard InChI is InChI=1S/C11H10ClN3/c1-13-10-6-7-14-11(15-10)8-4-2-3-5-9(8)12/h2-7H,1H3,(H,13,14,15). The van der Waals surface area contributed by atoms with Crippen LogP contribution < -0.4 is 5.32 Å². The van der Waals surface area contributed by atoms with Gasteiger partial charge >= 0.3 is 0 Å². The first kappa shape index (κ1) is 9.93. The molecule has 0 spiro atoms. The number of nitrogens with one attached hydrogen (secondary N) is 1. The molecule has 0 bridgehead atoms. The molecule has 0 aliphatic carbocycles. The molecule has 1 aromatic carbocycles. The van der Waals surface area contributed by atoms with Crippen LogP contribution in [0, 0.1) is 0 Å². The summed E-state index contributed by atoms with van der Waals surface area (Å²) in [6.45, 7) is 0. The Morgan fingerprint density at radius 1 is 1.20 bits per heavy atom. The molecule has 0 aliphatic rings. The van der Waals surface area contributed by atoms with Crippen LogP contribution in [0.2, 0.25) is 5.02 Å². The Morgan fingerprint density at radius 3 is 2.73 bits per heavy atom. The van der Waals surface area contributed by atoms with E-state index in [1.54, 1.807) is 12.3 Å². The van der Waals surface area contributed by atoms with Crippen molar-refractivity contribution in [2.75, 3.05) is 12.4 Å². The minimum atomic E-state index is 0.632. The van der Waals surface area contributed by atoms with Crippen molar-refractivity contribution in [3.63, 3.8) is 0 Å². The highest BCUT2D eigenvalue weighted by atomic mass is 35.5. The van der Waals surface area contributed by atoms with Gasteiger partial charge in [-0.25, -0.2) is 9.97 Å². The molecule has 1 N–H and O–H groups in total. The van der Waals surface area contributed by atoms with Gasteiger partial charge in [0.25, 0.3) is 0 Å². The fraction of sp³-hybridized carbons (Fsp3) is 0.0909. The van der Waals surface area contributed by atoms with Crippen molar-refractivity contribution < 1.29 is 0 Å². The Labute approximate surface area is 93.1 Å². The van der Waals surface area contributed by atoms with E-state index in [1.165, 1.54) is 0 Å². The molecule has 3 nitrogen and oxygen atoms in total. The van der Waals surface area contributed by atoms with Crippen LogP contribution in [0.1, 0.15) is 0 Å². The molecule has 0 fully saturated rings. The second-order valence-electron chi connectivity index (χ2n) is 3.00. The molecular formula is C11H10ClN3. The van der Waals surface area contributed by atoms with Crippen LogP contribution in [0.25, 0.3) is 11.4 Å². The van der Waals surface area contributed by atoms with Gasteiger partial charge in [0.2, 0.25) is 0 Å². The van der Waals surface area contributed by atoms with Gasteiger partial charge in [-0.05, 0) is 18.2 Å². The predicted octanol–water partition coefficient (Wildman–Crippen LogP) is 2.84. The fourth-order valence-electron chi connectivity index (χ4n) is 1.27. The number of rotatable bonds is 2. The third-order valence-electron chi connectivity index (χ3n) is 2.03. The summed E-state index contributed by atoms with van der Waals surface area (Å²) in [6.07, 6.45) is 1.71. The van der Waals surface area contributed by atoms with Crippen LogP contribution in [-0.2, 0) is 0 Å². The van der Waals surface area contributed by atoms with Crippen molar-refractivity contribution in [1.29, 1.82) is 0 Å². The zero-order chi connectivity index (χ0) is 10.7. The highest BCUT2D eigenvalue weighted by Gasteiger charge is 2.05. The summed E-state index contributed by atoms with van der Waals surface area (Å²) in [4.78, 5) is 8.50. The summed E-state index contributed by atoms with van der Waals surface area (Å²) in [5.41, 5.74) is 0.844. The lowest BCUT2D eigenvalue weighted by molar-refractivity contribution is 1.17. The Bertz CT molecular complexity index is 471. The highest BCUT2D eigenvalue weighted by Crippen LogP contribution is 2.24. The van der Waals surface area contributed by atoms with Crippen molar-refractivity contribution in [3.8, 4) is 11.4 Å². The van der Waals surface area contributed by atoms with Gasteiger partial charge in [-0.3, -0.25) is 0 Å². The third kappa shape index (κ3) is 2.07. The van der Waals surface area contributed by atoms with Gasteiger partial charge < -0.3 is 5.32 Å². The Kier molecular flexibility index (Phi) is 2.83. The molecule has 0 unspecified atom stereocenters. The van der Waals surface area contributed by atoms with E-state index in [-0.39, 0.29) is 0 Å². The van der Waals surface area contributed by atoms with Gasteiger partial charge in [0.15, 0.2) is 5.82 Å². The van der Waals surface area contributed by atoms with Gasteiger partial charge in [0.1, 0.15) is 5.82 Å². The average molecular weight is 220 g/mol. The first-order valence-corrected chi connectivity index (χ1v) is 4.95. The molecule has 2 aromatic rings. The monoisotopic (exact) mass is 219 g/mol. The predicted molar refractivity (Wildman–Crippen MR) is 62.0 cm³/mol. The van der Waals surface area contributed by atoms with Crippen LogP contribution in [-0.4, -0.2) is 17.0 Å². The molecule has 0 saturated heterocycles. The van der Waals surface area contributed by atoms with Gasteiger partial charge in [-0.1, -0.05) is 23.7 Å². The second kappa shape index (κ2) is 4.28. The SMILES string of the molecule is CNc1ccnc(-c2ccccc2Cl)n1. The lowest BCUT2D eigenvalue weighted by atomic mass is 10.2. The molecule has 15 heavy (non-hydrogen) atoms. The maximum atomic E-state index is 6.05. The largest absolute Gasteiger partial charge is 0.373 e. The molecule has 0 amide bonds. The fourth-order valence-corrected chi connectivity index (χ4v) is 1.49. The number of nitrogens with zero attached hydrogens (tertiary/aromatic N) is 2. The summed E-state index contributed by atoms with van der Waals surface area (Å²) in [7, 11) is 1.82. The van der Waals surface area contributed by atoms with Crippen LogP contribution in [0.3, 0.4) is 0 Å². The molecule has 1 heterocycles. The Hall–Kier alpha value is -1.61. The van der Waals surface area contributed by atoms with Crippen LogP contribution >= 0.6 is 11.6 Å². The van der Waals surface area contributed by atoms with Crippen molar-refractivity contribution in [3.05, 3.63) is 41.6 Å². The first-order chi connectivity index (χ1) is 7.31. The molecule has 0 atom stereocenters. The second-order valence-corrected chi connectivity index (χ2v) is 3.40. The molecule has 0 saturated carbocycles. The van der Waals surface area contributed by atoms with Crippen LogP contribution in [0.15, 0.2) is 36.5 Å². The van der Waals surface area contributed by atoms with E-state index in [2.05, 4.69) is 15.3 Å². The zero-order valence-corrected chi connectivity index (χ0v) is 8.99. The zero-order valence-electron chi connectivity index (χ0n) is 8.24. The number of hydrogen-bond donors (Lipinski definition) is 1. The highest BCUT2D eigenvalue weighted by molar-refractivity contribution is 6.33. The molecule has 0 aliphatic heterocycles. The molecular weight excluding hydrogens is 210 g/mol. The maximum absolute atomic E-state index is 6.05. The van der Waals surface area contributed by atoms with Crippen molar-refractivity contribution in [1.82, 2.24) is 9.97 Å². The minimum Gasteiger partial charge on any atom is -0.373 e. The van der Waals surface area contributed by atoms with E-state index in [4.69, 9.17) is 11.6 Å². The van der Waals surface area contributed by atoms with Gasteiger partial charge in [0, 0.05) is 18.8 Å². The molecule has 2 rings (SSSR count). The average Bonchev–Trinajstić information content (AvgIpc) is 2.30. The first-order valence-electron chi connectivity index (χ1n) is 4.57. The van der Waals surface area contributed by atoms with E-state index in [0.717, 1.165) is 11.4 Å². The Morgan fingerprint density at radius 2 is 2.00 bits per heavy atom. The van der Waals surface area contributed by atoms with E-state index in [9.17, 15) is 0 Å². The minimum absolute atomic E-state index is 0.632. The molecule has 0 radical (unpaired) electrons. The number of anilines is 1. The Balaban J connectivity index is 2.49. The van der Waals surface area contributed by atoms with Crippen molar-refractivity contribution in [2.45, 2.75) is 0 Å². The summed E-state index contributed by atoms with van der Waals surface area (Å²) in [5, 5.41) is 3.62. The summed E-state index contributed by atoms with van der Waals surface area (Å²) >= 11 is 6.05. The molecule has 76 valence electrons. The number of aromatic nitrogens is 2. The van der Waals surface area contributed by atoms with E-state index in [0.29, 0.717) is 10.8 Å². The topological polar surface area (TPSA) is 37.8 Å².